The van der Waals surface area contributed by atoms with Crippen LogP contribution in [0.15, 0.2) is 65.8 Å². The van der Waals surface area contributed by atoms with Crippen molar-refractivity contribution in [3.05, 3.63) is 93.2 Å². The highest BCUT2D eigenvalue weighted by Crippen LogP contribution is 2.54. The third-order valence-corrected chi connectivity index (χ3v) is 11.1. The molecule has 50 heavy (non-hydrogen) atoms. The highest BCUT2D eigenvalue weighted by molar-refractivity contribution is 6.30. The molecule has 1 N–H and O–H groups in total. The van der Waals surface area contributed by atoms with Crippen LogP contribution < -0.4 is 10.1 Å². The second kappa shape index (κ2) is 14.1. The summed E-state index contributed by atoms with van der Waals surface area (Å²) in [4.78, 5) is 44.1. The number of amidine groups is 1. The van der Waals surface area contributed by atoms with Crippen molar-refractivity contribution in [2.24, 2.45) is 4.99 Å². The zero-order valence-electron chi connectivity index (χ0n) is 29.9. The number of rotatable bonds is 6. The summed E-state index contributed by atoms with van der Waals surface area (Å²) in [5, 5.41) is 4.42. The van der Waals surface area contributed by atoms with Crippen molar-refractivity contribution in [2.45, 2.75) is 89.8 Å². The van der Waals surface area contributed by atoms with Gasteiger partial charge in [-0.3, -0.25) is 14.9 Å². The van der Waals surface area contributed by atoms with Crippen LogP contribution in [0.25, 0.3) is 0 Å². The van der Waals surface area contributed by atoms with Gasteiger partial charge in [0, 0.05) is 65.6 Å². The van der Waals surface area contributed by atoms with Gasteiger partial charge < -0.3 is 19.9 Å². The van der Waals surface area contributed by atoms with Crippen LogP contribution in [0.4, 0.5) is 9.59 Å². The number of pyridine rings is 1. The number of hydrogen-bond donors (Lipinski definition) is 1. The van der Waals surface area contributed by atoms with Gasteiger partial charge >= 0.3 is 12.1 Å². The lowest BCUT2D eigenvalue weighted by atomic mass is 9.71. The topological polar surface area (TPSA) is 90.4 Å². The van der Waals surface area contributed by atoms with Crippen molar-refractivity contribution in [3.8, 4) is 5.75 Å². The highest BCUT2D eigenvalue weighted by Gasteiger charge is 2.60. The van der Waals surface area contributed by atoms with E-state index in [-0.39, 0.29) is 23.5 Å². The van der Waals surface area contributed by atoms with Gasteiger partial charge in [-0.2, -0.15) is 0 Å². The lowest BCUT2D eigenvalue weighted by molar-refractivity contribution is 0.0992. The molecule has 1 aromatic heterocycles. The van der Waals surface area contributed by atoms with Crippen LogP contribution in [-0.2, 0) is 16.5 Å². The number of nitrogens with zero attached hydrogens (tertiary/aromatic N) is 5. The van der Waals surface area contributed by atoms with E-state index in [0.717, 1.165) is 42.8 Å². The molecule has 6 rings (SSSR count). The number of amides is 4. The molecule has 11 heteroatoms. The predicted octanol–water partition coefficient (Wildman–Crippen LogP) is 8.37. The maximum atomic E-state index is 15.2. The number of urea groups is 2. The fraction of sp³-hybridized carbons (Fsp3) is 0.487. The van der Waals surface area contributed by atoms with Crippen LogP contribution >= 0.6 is 23.2 Å². The van der Waals surface area contributed by atoms with Gasteiger partial charge in [0.05, 0.1) is 12.2 Å². The number of nitrogens with one attached hydrogen (secondary N) is 1. The molecule has 4 heterocycles. The number of carbonyl (C=O) groups is 2. The van der Waals surface area contributed by atoms with Crippen molar-refractivity contribution >= 4 is 41.1 Å². The van der Waals surface area contributed by atoms with Gasteiger partial charge in [-0.15, -0.1) is 0 Å². The van der Waals surface area contributed by atoms with Crippen molar-refractivity contribution in [3.63, 3.8) is 0 Å². The molecule has 0 radical (unpaired) electrons. The number of piperidine rings is 1. The van der Waals surface area contributed by atoms with E-state index in [4.69, 9.17) is 37.9 Å². The van der Waals surface area contributed by atoms with Crippen LogP contribution in [0.2, 0.25) is 10.0 Å². The Morgan fingerprint density at radius 1 is 0.900 bits per heavy atom. The van der Waals surface area contributed by atoms with E-state index in [1.807, 2.05) is 76.2 Å². The summed E-state index contributed by atoms with van der Waals surface area (Å²) < 4.78 is 6.28. The first-order chi connectivity index (χ1) is 23.8. The molecule has 2 saturated heterocycles. The number of aliphatic imine (C=N–C) groups is 1. The minimum Gasteiger partial charge on any atom is -0.493 e. The Balaban J connectivity index is 1.45. The zero-order valence-corrected chi connectivity index (χ0v) is 31.4. The highest BCUT2D eigenvalue weighted by atomic mass is 35.5. The first-order valence-electron chi connectivity index (χ1n) is 17.7. The lowest BCUT2D eigenvalue weighted by Gasteiger charge is -2.47. The van der Waals surface area contributed by atoms with E-state index in [0.29, 0.717) is 59.7 Å². The Kier molecular flexibility index (Phi) is 10.1. The Morgan fingerprint density at radius 2 is 1.48 bits per heavy atom. The van der Waals surface area contributed by atoms with E-state index in [2.05, 4.69) is 39.9 Å². The van der Waals surface area contributed by atoms with Crippen molar-refractivity contribution in [1.82, 2.24) is 25.0 Å². The molecule has 2 fully saturated rings. The molecule has 4 amide bonds. The average molecular weight is 720 g/mol. The number of ether oxygens (including phenoxy) is 1. The number of benzene rings is 2. The molecule has 2 aromatic carbocycles. The van der Waals surface area contributed by atoms with Crippen molar-refractivity contribution < 1.29 is 14.3 Å². The summed E-state index contributed by atoms with van der Waals surface area (Å²) in [5.74, 6) is 1.09. The largest absolute Gasteiger partial charge is 0.493 e. The van der Waals surface area contributed by atoms with E-state index >= 15 is 4.79 Å². The third-order valence-electron chi connectivity index (χ3n) is 10.6. The zero-order chi connectivity index (χ0) is 35.8. The summed E-state index contributed by atoms with van der Waals surface area (Å²) >= 11 is 12.8. The van der Waals surface area contributed by atoms with Gasteiger partial charge in [0.15, 0.2) is 0 Å². The second-order valence-corrected chi connectivity index (χ2v) is 15.7. The molecule has 9 nitrogen and oxygen atoms in total. The van der Waals surface area contributed by atoms with E-state index in [1.165, 1.54) is 0 Å². The maximum Gasteiger partial charge on any atom is 0.326 e. The minimum atomic E-state index is -1.02. The first-order valence-corrected chi connectivity index (χ1v) is 18.4. The van der Waals surface area contributed by atoms with Gasteiger partial charge in [0.25, 0.3) is 0 Å². The number of likely N-dealkylation sites (tertiary alicyclic amines) is 2. The Bertz CT molecular complexity index is 1740. The standard InChI is InChI=1S/C39H48Cl2N6O3/c1-7-50-32-24-33(37(2,3)4)42-25-31(32)34-44-38(5,26-10-14-28(40)15-11-26)39(6,27-12-16-29(41)17-13-27)47(34)36(49)46-22-18-30(19-23-46)43-35(48)45-20-8-9-21-45/h10-17,24-25,30H,7-9,18-23H2,1-6H3,(H,43,48)/t38-,39+/m0/s1. The molecule has 3 aromatic rings. The van der Waals surface area contributed by atoms with Crippen molar-refractivity contribution in [2.75, 3.05) is 32.8 Å². The summed E-state index contributed by atoms with van der Waals surface area (Å²) in [6.45, 7) is 15.4. The molecule has 0 aliphatic carbocycles. The van der Waals surface area contributed by atoms with Crippen molar-refractivity contribution in [1.29, 1.82) is 0 Å². The SMILES string of the molecule is CCOc1cc(C(C)(C)C)ncc1C1=N[C@@](C)(c2ccc(Cl)cc2)[C@@](C)(c2ccc(Cl)cc2)N1C(=O)N1CCC(NC(=O)N2CCCC2)CC1. The van der Waals surface area contributed by atoms with Crippen LogP contribution in [-0.4, -0.2) is 76.4 Å². The van der Waals surface area contributed by atoms with Gasteiger partial charge in [0.1, 0.15) is 22.7 Å². The monoisotopic (exact) mass is 718 g/mol. The van der Waals surface area contributed by atoms with E-state index in [9.17, 15) is 4.79 Å². The summed E-state index contributed by atoms with van der Waals surface area (Å²) in [6, 6.07) is 17.1. The second-order valence-electron chi connectivity index (χ2n) is 14.9. The molecular formula is C39H48Cl2N6O3. The smallest absolute Gasteiger partial charge is 0.326 e. The Hall–Kier alpha value is -3.82. The molecule has 3 aliphatic rings. The van der Waals surface area contributed by atoms with Gasteiger partial charge in [-0.05, 0) is 81.8 Å². The number of aromatic nitrogens is 1. The fourth-order valence-electron chi connectivity index (χ4n) is 7.40. The fourth-order valence-corrected chi connectivity index (χ4v) is 7.65. The first kappa shape index (κ1) is 36.0. The molecule has 0 unspecified atom stereocenters. The summed E-state index contributed by atoms with van der Waals surface area (Å²) in [5.41, 5.74) is 1.07. The van der Waals surface area contributed by atoms with Crippen LogP contribution in [0.5, 0.6) is 5.75 Å². The van der Waals surface area contributed by atoms with E-state index < -0.39 is 11.1 Å². The number of carbonyl (C=O) groups excluding carboxylic acids is 2. The van der Waals surface area contributed by atoms with Gasteiger partial charge in [-0.1, -0.05) is 68.2 Å². The van der Waals surface area contributed by atoms with Crippen LogP contribution in [0.1, 0.15) is 89.6 Å². The average Bonchev–Trinajstić information content (AvgIpc) is 3.71. The molecule has 3 aliphatic heterocycles. The predicted molar refractivity (Wildman–Crippen MR) is 199 cm³/mol. The Morgan fingerprint density at radius 3 is 2.04 bits per heavy atom. The molecular weight excluding hydrogens is 671 g/mol. The molecule has 2 atom stereocenters. The molecule has 0 spiro atoms. The van der Waals surface area contributed by atoms with Crippen LogP contribution in [0, 0.1) is 0 Å². The van der Waals surface area contributed by atoms with E-state index in [1.54, 1.807) is 6.20 Å². The third kappa shape index (κ3) is 6.66. The normalized spacial score (nSPS) is 22.9. The summed E-state index contributed by atoms with van der Waals surface area (Å²) in [6.07, 6.45) is 5.19. The van der Waals surface area contributed by atoms with Gasteiger partial charge in [0.2, 0.25) is 0 Å². The number of halogens is 2. The maximum absolute atomic E-state index is 15.2. The minimum absolute atomic E-state index is 0.000420. The summed E-state index contributed by atoms with van der Waals surface area (Å²) in [7, 11) is 0. The van der Waals surface area contributed by atoms with Gasteiger partial charge in [-0.25, -0.2) is 9.59 Å². The van der Waals surface area contributed by atoms with Crippen LogP contribution in [0.3, 0.4) is 0 Å². The lowest BCUT2D eigenvalue weighted by Crippen LogP contribution is -2.60. The molecule has 266 valence electrons. The molecule has 0 bridgehead atoms. The quantitative estimate of drug-likeness (QED) is 0.277. The Labute approximate surface area is 306 Å². The molecule has 0 saturated carbocycles. The number of hydrogen-bond acceptors (Lipinski definition) is 5.